The van der Waals surface area contributed by atoms with Gasteiger partial charge in [0.1, 0.15) is 6.04 Å². The van der Waals surface area contributed by atoms with Gasteiger partial charge in [0.25, 0.3) is 5.56 Å². The SMILES string of the molecule is CC(=O)N(Cc1ccc(C)cc1)c1nc2ccccc2n(C(C)C(=O)N2CCc3ccccc32)c1=O. The van der Waals surface area contributed by atoms with Gasteiger partial charge in [-0.15, -0.1) is 0 Å². The van der Waals surface area contributed by atoms with Crippen LogP contribution in [0.25, 0.3) is 11.0 Å². The lowest BCUT2D eigenvalue weighted by molar-refractivity contribution is -0.121. The standard InChI is InChI=1S/C29H28N4O3/c1-19-12-14-22(15-13-19)18-32(21(3)34)27-29(36)33(26-11-7-5-9-24(26)30-27)20(2)28(35)31-17-16-23-8-4-6-10-25(23)31/h4-15,20H,16-18H2,1-3H3. The monoisotopic (exact) mass is 480 g/mol. The van der Waals surface area contributed by atoms with Crippen molar-refractivity contribution < 1.29 is 9.59 Å². The molecule has 0 spiro atoms. The van der Waals surface area contributed by atoms with E-state index in [1.165, 1.54) is 16.4 Å². The van der Waals surface area contributed by atoms with Crippen LogP contribution in [0.2, 0.25) is 0 Å². The summed E-state index contributed by atoms with van der Waals surface area (Å²) in [7, 11) is 0. The Bertz CT molecular complexity index is 1520. The van der Waals surface area contributed by atoms with Crippen LogP contribution in [0.1, 0.15) is 36.6 Å². The molecule has 0 bridgehead atoms. The zero-order chi connectivity index (χ0) is 25.4. The Morgan fingerprint density at radius 3 is 2.44 bits per heavy atom. The number of anilines is 2. The van der Waals surface area contributed by atoms with Crippen LogP contribution in [0, 0.1) is 6.92 Å². The number of fused-ring (bicyclic) bond motifs is 2. The van der Waals surface area contributed by atoms with E-state index in [2.05, 4.69) is 4.98 Å². The summed E-state index contributed by atoms with van der Waals surface area (Å²) < 4.78 is 1.48. The minimum Gasteiger partial charge on any atom is -0.310 e. The number of nitrogens with zero attached hydrogens (tertiary/aromatic N) is 4. The molecule has 2 amide bonds. The van der Waals surface area contributed by atoms with Gasteiger partial charge in [-0.05, 0) is 49.6 Å². The van der Waals surface area contributed by atoms with Crippen LogP contribution in [0.3, 0.4) is 0 Å². The number of hydrogen-bond donors (Lipinski definition) is 0. The first-order chi connectivity index (χ1) is 17.3. The molecule has 0 N–H and O–H groups in total. The highest BCUT2D eigenvalue weighted by molar-refractivity contribution is 5.99. The molecule has 7 nitrogen and oxygen atoms in total. The third-order valence-electron chi connectivity index (χ3n) is 6.77. The Kier molecular flexibility index (Phi) is 6.14. The third kappa shape index (κ3) is 4.17. The number of para-hydroxylation sites is 3. The van der Waals surface area contributed by atoms with Crippen LogP contribution in [0.15, 0.2) is 77.6 Å². The second kappa shape index (κ2) is 9.41. The molecule has 182 valence electrons. The lowest BCUT2D eigenvalue weighted by Gasteiger charge is -2.26. The Morgan fingerprint density at radius 1 is 1.00 bits per heavy atom. The predicted octanol–water partition coefficient (Wildman–Crippen LogP) is 4.41. The lowest BCUT2D eigenvalue weighted by atomic mass is 10.1. The van der Waals surface area contributed by atoms with Gasteiger partial charge in [0.2, 0.25) is 17.6 Å². The number of carbonyl (C=O) groups is 2. The van der Waals surface area contributed by atoms with Crippen molar-refractivity contribution in [3.05, 3.63) is 99.8 Å². The molecule has 1 unspecified atom stereocenters. The van der Waals surface area contributed by atoms with Crippen molar-refractivity contribution in [2.45, 2.75) is 39.8 Å². The Morgan fingerprint density at radius 2 is 1.69 bits per heavy atom. The van der Waals surface area contributed by atoms with Crippen molar-refractivity contribution >= 4 is 34.4 Å². The maximum atomic E-state index is 13.9. The number of carbonyl (C=O) groups excluding carboxylic acids is 2. The van der Waals surface area contributed by atoms with Gasteiger partial charge in [-0.25, -0.2) is 4.98 Å². The Hall–Kier alpha value is -4.26. The summed E-state index contributed by atoms with van der Waals surface area (Å²) in [5.74, 6) is -0.449. The molecule has 0 aliphatic carbocycles. The largest absolute Gasteiger partial charge is 0.310 e. The summed E-state index contributed by atoms with van der Waals surface area (Å²) in [6.45, 7) is 5.93. The van der Waals surface area contributed by atoms with E-state index in [9.17, 15) is 14.4 Å². The molecular formula is C29H28N4O3. The predicted molar refractivity (Wildman–Crippen MR) is 141 cm³/mol. The highest BCUT2D eigenvalue weighted by atomic mass is 16.2. The van der Waals surface area contributed by atoms with E-state index in [-0.39, 0.29) is 24.2 Å². The van der Waals surface area contributed by atoms with E-state index in [1.54, 1.807) is 24.0 Å². The first kappa shape index (κ1) is 23.5. The summed E-state index contributed by atoms with van der Waals surface area (Å²) in [5.41, 5.74) is 4.62. The smallest absolute Gasteiger partial charge is 0.295 e. The van der Waals surface area contributed by atoms with Gasteiger partial charge in [-0.1, -0.05) is 60.2 Å². The molecular weight excluding hydrogens is 452 g/mol. The van der Waals surface area contributed by atoms with Crippen molar-refractivity contribution in [3.8, 4) is 0 Å². The normalized spacial score (nSPS) is 13.5. The summed E-state index contributed by atoms with van der Waals surface area (Å²) in [6.07, 6.45) is 0.778. The van der Waals surface area contributed by atoms with Crippen molar-refractivity contribution in [1.29, 1.82) is 0 Å². The molecule has 3 aromatic carbocycles. The fourth-order valence-corrected chi connectivity index (χ4v) is 4.82. The van der Waals surface area contributed by atoms with Gasteiger partial charge in [0, 0.05) is 19.2 Å². The van der Waals surface area contributed by atoms with Crippen molar-refractivity contribution in [1.82, 2.24) is 9.55 Å². The first-order valence-electron chi connectivity index (χ1n) is 12.1. The van der Waals surface area contributed by atoms with Crippen molar-refractivity contribution in [2.24, 2.45) is 0 Å². The van der Waals surface area contributed by atoms with Crippen LogP contribution in [0.4, 0.5) is 11.5 Å². The topological polar surface area (TPSA) is 75.5 Å². The molecule has 0 saturated heterocycles. The number of rotatable bonds is 5. The van der Waals surface area contributed by atoms with E-state index in [1.807, 2.05) is 67.6 Å². The molecule has 0 fully saturated rings. The van der Waals surface area contributed by atoms with E-state index in [0.29, 0.717) is 17.6 Å². The molecule has 5 rings (SSSR count). The summed E-state index contributed by atoms with van der Waals surface area (Å²) in [4.78, 5) is 48.1. The quantitative estimate of drug-likeness (QED) is 0.424. The van der Waals surface area contributed by atoms with Gasteiger partial charge in [0.15, 0.2) is 0 Å². The van der Waals surface area contributed by atoms with Crippen molar-refractivity contribution in [3.63, 3.8) is 0 Å². The molecule has 4 aromatic rings. The summed E-state index contributed by atoms with van der Waals surface area (Å²) in [6, 6.07) is 22.1. The molecule has 1 atom stereocenters. The minimum atomic E-state index is -0.788. The fraction of sp³-hybridized carbons (Fsp3) is 0.241. The van der Waals surface area contributed by atoms with Gasteiger partial charge in [0.05, 0.1) is 17.6 Å². The van der Waals surface area contributed by atoms with Gasteiger partial charge in [-0.3, -0.25) is 23.9 Å². The second-order valence-corrected chi connectivity index (χ2v) is 9.23. The first-order valence-corrected chi connectivity index (χ1v) is 12.1. The fourth-order valence-electron chi connectivity index (χ4n) is 4.82. The van der Waals surface area contributed by atoms with E-state index in [4.69, 9.17) is 0 Å². The van der Waals surface area contributed by atoms with Crippen LogP contribution in [-0.2, 0) is 22.6 Å². The van der Waals surface area contributed by atoms with Crippen LogP contribution >= 0.6 is 0 Å². The minimum absolute atomic E-state index is 0.0169. The van der Waals surface area contributed by atoms with Crippen LogP contribution in [0.5, 0.6) is 0 Å². The van der Waals surface area contributed by atoms with Crippen LogP contribution < -0.4 is 15.4 Å². The van der Waals surface area contributed by atoms with Gasteiger partial charge in [-0.2, -0.15) is 0 Å². The molecule has 0 saturated carbocycles. The van der Waals surface area contributed by atoms with Crippen molar-refractivity contribution in [2.75, 3.05) is 16.3 Å². The van der Waals surface area contributed by atoms with Gasteiger partial charge >= 0.3 is 0 Å². The molecule has 2 heterocycles. The average molecular weight is 481 g/mol. The maximum absolute atomic E-state index is 13.9. The summed E-state index contributed by atoms with van der Waals surface area (Å²) in [5, 5.41) is 0. The number of aromatic nitrogens is 2. The zero-order valence-corrected chi connectivity index (χ0v) is 20.6. The molecule has 0 radical (unpaired) electrons. The Labute approximate surface area is 209 Å². The highest BCUT2D eigenvalue weighted by Crippen LogP contribution is 2.30. The lowest BCUT2D eigenvalue weighted by Crippen LogP contribution is -2.41. The highest BCUT2D eigenvalue weighted by Gasteiger charge is 2.31. The second-order valence-electron chi connectivity index (χ2n) is 9.23. The van der Waals surface area contributed by atoms with E-state index >= 15 is 0 Å². The third-order valence-corrected chi connectivity index (χ3v) is 6.77. The zero-order valence-electron chi connectivity index (χ0n) is 20.6. The molecule has 1 aromatic heterocycles. The van der Waals surface area contributed by atoms with Crippen LogP contribution in [-0.4, -0.2) is 27.9 Å². The summed E-state index contributed by atoms with van der Waals surface area (Å²) >= 11 is 0. The van der Waals surface area contributed by atoms with E-state index in [0.717, 1.165) is 28.8 Å². The van der Waals surface area contributed by atoms with E-state index < -0.39 is 11.6 Å². The number of benzene rings is 3. The number of amides is 2. The average Bonchev–Trinajstić information content (AvgIpc) is 3.31. The molecule has 36 heavy (non-hydrogen) atoms. The number of hydrogen-bond acceptors (Lipinski definition) is 4. The molecule has 7 heteroatoms. The molecule has 1 aliphatic rings. The van der Waals surface area contributed by atoms with Gasteiger partial charge < -0.3 is 4.90 Å². The number of aryl methyl sites for hydroxylation is 1. The Balaban J connectivity index is 1.60. The maximum Gasteiger partial charge on any atom is 0.295 e. The molecule has 1 aliphatic heterocycles.